The van der Waals surface area contributed by atoms with Crippen LogP contribution in [-0.4, -0.2) is 66.2 Å². The van der Waals surface area contributed by atoms with Crippen LogP contribution >= 0.6 is 0 Å². The molecule has 0 saturated heterocycles. The zero-order valence-electron chi connectivity index (χ0n) is 24.6. The van der Waals surface area contributed by atoms with E-state index in [4.69, 9.17) is 15.0 Å². The van der Waals surface area contributed by atoms with Crippen molar-refractivity contribution in [2.75, 3.05) is 21.1 Å². The second-order valence-electron chi connectivity index (χ2n) is 10.8. The maximum atomic E-state index is 13.8. The van der Waals surface area contributed by atoms with Crippen LogP contribution in [0.25, 0.3) is 0 Å². The van der Waals surface area contributed by atoms with E-state index in [9.17, 15) is 13.2 Å². The van der Waals surface area contributed by atoms with E-state index in [2.05, 4.69) is 16.3 Å². The van der Waals surface area contributed by atoms with Gasteiger partial charge in [0.05, 0.1) is 0 Å². The Bertz CT molecular complexity index is 1440. The summed E-state index contributed by atoms with van der Waals surface area (Å²) in [6.45, 7) is 6.14. The Morgan fingerprint density at radius 1 is 0.488 bits per heavy atom. The van der Waals surface area contributed by atoms with Crippen LogP contribution in [0.1, 0.15) is 37.5 Å². The van der Waals surface area contributed by atoms with Gasteiger partial charge in [0.15, 0.2) is 0 Å². The van der Waals surface area contributed by atoms with Gasteiger partial charge >= 0.3 is 255 Å². The zero-order chi connectivity index (χ0) is 30.7. The number of aliphatic imine (C=N–C) groups is 3. The van der Waals surface area contributed by atoms with Crippen molar-refractivity contribution in [3.8, 4) is 0 Å². The van der Waals surface area contributed by atoms with Gasteiger partial charge in [-0.15, -0.1) is 0 Å². The van der Waals surface area contributed by atoms with Crippen LogP contribution in [0.3, 0.4) is 0 Å². The van der Waals surface area contributed by atoms with E-state index in [1.807, 2.05) is 56.9 Å². The molecule has 0 aliphatic carbocycles. The van der Waals surface area contributed by atoms with E-state index >= 15 is 0 Å². The van der Waals surface area contributed by atoms with Gasteiger partial charge in [-0.1, -0.05) is 0 Å². The molecule has 13 heteroatoms. The van der Waals surface area contributed by atoms with Crippen LogP contribution in [0, 0.1) is 17.5 Å². The SMILES string of the molecule is CN1N[C](C)([Ir]([C]2(C)N=C(c3ccc(F)cc3)N(C)N2)[C]2(C)N=C(c3ccc(F)cc3)N(C)N2)N=C1c1ccc(F)cc1. The fourth-order valence-corrected chi connectivity index (χ4v) is 16.1. The minimum atomic E-state index is -3.03. The molecule has 0 aromatic heterocycles. The van der Waals surface area contributed by atoms with Crippen molar-refractivity contribution in [3.05, 3.63) is 107 Å². The molecule has 0 spiro atoms. The molecule has 3 aliphatic heterocycles. The van der Waals surface area contributed by atoms with Gasteiger partial charge in [-0.05, 0) is 0 Å². The topological polar surface area (TPSA) is 82.9 Å². The van der Waals surface area contributed by atoms with Crippen LogP contribution in [-0.2, 0) is 16.5 Å². The van der Waals surface area contributed by atoms with Crippen LogP contribution in [0.5, 0.6) is 0 Å². The summed E-state index contributed by atoms with van der Waals surface area (Å²) in [4.78, 5) is 15.8. The van der Waals surface area contributed by atoms with Crippen LogP contribution in [0.2, 0.25) is 0 Å². The molecule has 0 bridgehead atoms. The monoisotopic (exact) mass is 769 g/mol. The molecule has 3 aliphatic rings. The molecule has 3 aromatic rings. The van der Waals surface area contributed by atoms with Crippen LogP contribution in [0.4, 0.5) is 13.2 Å². The molecule has 6 rings (SSSR count). The first-order valence-corrected chi connectivity index (χ1v) is 17.1. The van der Waals surface area contributed by atoms with Gasteiger partial charge in [-0.2, -0.15) is 0 Å². The Balaban J connectivity index is 1.50. The molecule has 228 valence electrons. The number of nitrogens with zero attached hydrogens (tertiary/aromatic N) is 6. The van der Waals surface area contributed by atoms with E-state index in [0.717, 1.165) is 16.7 Å². The molecule has 3 N–H and O–H groups in total. The van der Waals surface area contributed by atoms with Gasteiger partial charge in [0, 0.05) is 0 Å². The predicted molar refractivity (Wildman–Crippen MR) is 157 cm³/mol. The Hall–Kier alpha value is -3.61. The number of hydrogen-bond donors (Lipinski definition) is 3. The molecule has 3 heterocycles. The molecule has 3 atom stereocenters. The van der Waals surface area contributed by atoms with Crippen molar-refractivity contribution in [1.82, 2.24) is 31.3 Å². The van der Waals surface area contributed by atoms with Crippen molar-refractivity contribution >= 4 is 17.5 Å². The molecular weight excluding hydrogens is 736 g/mol. The second kappa shape index (κ2) is 10.5. The first-order valence-electron chi connectivity index (χ1n) is 13.6. The molecule has 0 amide bonds. The Morgan fingerprint density at radius 2 is 0.721 bits per heavy atom. The van der Waals surface area contributed by atoms with Crippen LogP contribution in [0.15, 0.2) is 87.8 Å². The predicted octanol–water partition coefficient (Wildman–Crippen LogP) is 3.73. The number of hydrogen-bond acceptors (Lipinski definition) is 9. The van der Waals surface area contributed by atoms with Gasteiger partial charge in [0.25, 0.3) is 0 Å². The number of hydrazine groups is 3. The number of rotatable bonds is 6. The van der Waals surface area contributed by atoms with Gasteiger partial charge in [0.1, 0.15) is 0 Å². The Labute approximate surface area is 254 Å². The van der Waals surface area contributed by atoms with Gasteiger partial charge < -0.3 is 0 Å². The van der Waals surface area contributed by atoms with Crippen molar-refractivity contribution in [2.24, 2.45) is 15.0 Å². The Morgan fingerprint density at radius 3 is 0.953 bits per heavy atom. The summed E-state index contributed by atoms with van der Waals surface area (Å²) < 4.78 is 38.8. The van der Waals surface area contributed by atoms with Crippen molar-refractivity contribution in [2.45, 2.75) is 33.3 Å². The molecule has 9 nitrogen and oxygen atoms in total. The summed E-state index contributed by atoms with van der Waals surface area (Å²) in [6, 6.07) is 18.8. The quantitative estimate of drug-likeness (QED) is 0.355. The first-order chi connectivity index (χ1) is 20.3. The number of benzene rings is 3. The van der Waals surface area contributed by atoms with Crippen molar-refractivity contribution in [1.29, 1.82) is 0 Å². The fraction of sp³-hybridized carbons (Fsp3) is 0.300. The molecular formula is C30H33F3IrN9. The minimum absolute atomic E-state index is 0.323. The third kappa shape index (κ3) is 5.25. The average molecular weight is 769 g/mol. The summed E-state index contributed by atoms with van der Waals surface area (Å²) in [5, 5.41) is 5.58. The molecule has 3 unspecified atom stereocenters. The van der Waals surface area contributed by atoms with Crippen LogP contribution < -0.4 is 16.3 Å². The summed E-state index contributed by atoms with van der Waals surface area (Å²) in [5.41, 5.74) is 13.1. The number of halogens is 3. The number of nitrogens with one attached hydrogen (secondary N) is 3. The normalized spacial score (nSPS) is 27.4. The standard InChI is InChI=1S/3C10H11FN3.Ir/c3*1-7-12-10(14(2)13-7)8-3-5-9(11)6-4-8;/h3*3-6,13H,1-2H3;. The second-order valence-corrected chi connectivity index (χ2v) is 19.6. The van der Waals surface area contributed by atoms with Gasteiger partial charge in [-0.3, -0.25) is 0 Å². The molecule has 43 heavy (non-hydrogen) atoms. The maximum absolute atomic E-state index is 13.8. The Kier molecular flexibility index (Phi) is 7.21. The fourth-order valence-electron chi connectivity index (χ4n) is 5.68. The molecule has 0 fully saturated rings. The molecule has 0 radical (unpaired) electrons. The van der Waals surface area contributed by atoms with E-state index in [-0.39, 0.29) is 17.5 Å². The summed E-state index contributed by atoms with van der Waals surface area (Å²) >= 11 is -3.03. The van der Waals surface area contributed by atoms with Gasteiger partial charge in [-0.25, -0.2) is 0 Å². The molecule has 0 saturated carbocycles. The van der Waals surface area contributed by atoms with Crippen molar-refractivity contribution < 1.29 is 29.7 Å². The molecule has 3 aromatic carbocycles. The first kappa shape index (κ1) is 29.5. The van der Waals surface area contributed by atoms with E-state index in [1.54, 1.807) is 36.4 Å². The number of amidine groups is 3. The van der Waals surface area contributed by atoms with Crippen molar-refractivity contribution in [3.63, 3.8) is 0 Å². The van der Waals surface area contributed by atoms with E-state index in [0.29, 0.717) is 17.5 Å². The average Bonchev–Trinajstić information content (AvgIpc) is 3.54. The zero-order valence-corrected chi connectivity index (χ0v) is 27.0. The van der Waals surface area contributed by atoms with E-state index < -0.39 is 29.0 Å². The summed E-state index contributed by atoms with van der Waals surface area (Å²) in [6.07, 6.45) is 0. The third-order valence-corrected chi connectivity index (χ3v) is 15.9. The summed E-state index contributed by atoms with van der Waals surface area (Å²) in [5.74, 6) is 1.04. The van der Waals surface area contributed by atoms with E-state index in [1.165, 1.54) is 36.4 Å². The third-order valence-electron chi connectivity index (χ3n) is 7.27. The van der Waals surface area contributed by atoms with Gasteiger partial charge in [0.2, 0.25) is 0 Å². The summed E-state index contributed by atoms with van der Waals surface area (Å²) in [7, 11) is 5.66.